The van der Waals surface area contributed by atoms with Crippen LogP contribution in [0.2, 0.25) is 0 Å². The number of hydrogen-bond donors (Lipinski definition) is 1. The minimum absolute atomic E-state index is 0.0360. The van der Waals surface area contributed by atoms with E-state index in [2.05, 4.69) is 10.3 Å². The summed E-state index contributed by atoms with van der Waals surface area (Å²) in [5.41, 5.74) is 8.47. The summed E-state index contributed by atoms with van der Waals surface area (Å²) in [6, 6.07) is 7.99. The maximum atomic E-state index is 12.8. The van der Waals surface area contributed by atoms with Gasteiger partial charge in [-0.3, -0.25) is 4.79 Å². The molecule has 6 heteroatoms. The summed E-state index contributed by atoms with van der Waals surface area (Å²) in [5, 5.41) is 8.17. The van der Waals surface area contributed by atoms with Gasteiger partial charge in [0.2, 0.25) is 0 Å². The first-order valence-electron chi connectivity index (χ1n) is 8.12. The lowest BCUT2D eigenvalue weighted by Crippen LogP contribution is -2.51. The number of carbonyl (C=O) groups excluding carboxylic acids is 1. The van der Waals surface area contributed by atoms with E-state index in [0.717, 1.165) is 37.1 Å². The lowest BCUT2D eigenvalue weighted by Gasteiger charge is -2.37. The number of rotatable bonds is 3. The van der Waals surface area contributed by atoms with Crippen molar-refractivity contribution in [3.63, 3.8) is 0 Å². The molecule has 1 amide bonds. The predicted octanol–water partition coefficient (Wildman–Crippen LogP) is 1.92. The second-order valence-corrected chi connectivity index (χ2v) is 6.31. The summed E-state index contributed by atoms with van der Waals surface area (Å²) >= 11 is 0. The Bertz CT molecular complexity index is 694. The van der Waals surface area contributed by atoms with Gasteiger partial charge in [0.25, 0.3) is 5.91 Å². The highest BCUT2D eigenvalue weighted by Crippen LogP contribution is 2.21. The predicted molar refractivity (Wildman–Crippen MR) is 88.4 cm³/mol. The van der Waals surface area contributed by atoms with E-state index < -0.39 is 0 Å². The number of hydrogen-bond acceptors (Lipinski definition) is 4. The molecule has 0 radical (unpaired) electrons. The van der Waals surface area contributed by atoms with Crippen LogP contribution >= 0.6 is 0 Å². The van der Waals surface area contributed by atoms with E-state index >= 15 is 0 Å². The van der Waals surface area contributed by atoms with Gasteiger partial charge in [0.05, 0.1) is 11.9 Å². The van der Waals surface area contributed by atoms with Gasteiger partial charge in [0.15, 0.2) is 5.69 Å². The largest absolute Gasteiger partial charge is 0.333 e. The molecule has 1 aliphatic rings. The van der Waals surface area contributed by atoms with Crippen molar-refractivity contribution in [2.75, 3.05) is 6.54 Å². The SMILES string of the molecule is Cc1cccc(-n2cc(C(=O)N3CCCCC3C(C)N)nn2)c1. The van der Waals surface area contributed by atoms with Crippen molar-refractivity contribution < 1.29 is 4.79 Å². The van der Waals surface area contributed by atoms with Gasteiger partial charge in [-0.25, -0.2) is 4.68 Å². The van der Waals surface area contributed by atoms with Gasteiger partial charge in [-0.2, -0.15) is 0 Å². The van der Waals surface area contributed by atoms with Gasteiger partial charge < -0.3 is 10.6 Å². The Kier molecular flexibility index (Phi) is 4.43. The molecule has 0 bridgehead atoms. The first-order chi connectivity index (χ1) is 11.1. The van der Waals surface area contributed by atoms with Crippen LogP contribution in [0.15, 0.2) is 30.5 Å². The molecule has 23 heavy (non-hydrogen) atoms. The van der Waals surface area contributed by atoms with Crippen molar-refractivity contribution in [2.24, 2.45) is 5.73 Å². The Morgan fingerprint density at radius 1 is 1.39 bits per heavy atom. The second kappa shape index (κ2) is 6.50. The molecule has 1 aromatic heterocycles. The Morgan fingerprint density at radius 2 is 2.22 bits per heavy atom. The molecule has 1 fully saturated rings. The van der Waals surface area contributed by atoms with E-state index in [0.29, 0.717) is 5.69 Å². The van der Waals surface area contributed by atoms with E-state index in [1.807, 2.05) is 43.0 Å². The van der Waals surface area contributed by atoms with Gasteiger partial charge in [0.1, 0.15) is 0 Å². The highest BCUT2D eigenvalue weighted by Gasteiger charge is 2.31. The highest BCUT2D eigenvalue weighted by atomic mass is 16.2. The highest BCUT2D eigenvalue weighted by molar-refractivity contribution is 5.92. The molecule has 1 aliphatic heterocycles. The summed E-state index contributed by atoms with van der Waals surface area (Å²) in [6.45, 7) is 4.72. The normalized spacial score (nSPS) is 19.6. The standard InChI is InChI=1S/C17H23N5O/c1-12-6-5-7-14(10-12)22-11-15(19-20-22)17(23)21-9-4-3-8-16(21)13(2)18/h5-7,10-11,13,16H,3-4,8-9,18H2,1-2H3. The average molecular weight is 313 g/mol. The number of piperidine rings is 1. The Hall–Kier alpha value is -2.21. The number of amides is 1. The van der Waals surface area contributed by atoms with Crippen molar-refractivity contribution in [3.8, 4) is 5.69 Å². The molecular weight excluding hydrogens is 290 g/mol. The van der Waals surface area contributed by atoms with Crippen molar-refractivity contribution >= 4 is 5.91 Å². The summed E-state index contributed by atoms with van der Waals surface area (Å²) in [6.07, 6.45) is 4.78. The maximum Gasteiger partial charge on any atom is 0.276 e. The summed E-state index contributed by atoms with van der Waals surface area (Å²) in [5.74, 6) is -0.0779. The van der Waals surface area contributed by atoms with Crippen molar-refractivity contribution in [3.05, 3.63) is 41.7 Å². The van der Waals surface area contributed by atoms with Crippen LogP contribution < -0.4 is 5.73 Å². The summed E-state index contributed by atoms with van der Waals surface area (Å²) < 4.78 is 1.64. The molecule has 6 nitrogen and oxygen atoms in total. The smallest absolute Gasteiger partial charge is 0.276 e. The Morgan fingerprint density at radius 3 is 2.96 bits per heavy atom. The quantitative estimate of drug-likeness (QED) is 0.939. The van der Waals surface area contributed by atoms with E-state index in [-0.39, 0.29) is 18.0 Å². The third-order valence-corrected chi connectivity index (χ3v) is 4.40. The number of aromatic nitrogens is 3. The monoisotopic (exact) mass is 313 g/mol. The fourth-order valence-corrected chi connectivity index (χ4v) is 3.16. The zero-order chi connectivity index (χ0) is 16.4. The molecule has 0 aliphatic carbocycles. The van der Waals surface area contributed by atoms with Crippen LogP contribution in [0.25, 0.3) is 5.69 Å². The molecule has 3 rings (SSSR count). The summed E-state index contributed by atoms with van der Waals surface area (Å²) in [7, 11) is 0. The fourth-order valence-electron chi connectivity index (χ4n) is 3.16. The minimum atomic E-state index is -0.0779. The van der Waals surface area contributed by atoms with Crippen LogP contribution in [0.3, 0.4) is 0 Å². The van der Waals surface area contributed by atoms with Crippen molar-refractivity contribution in [1.29, 1.82) is 0 Å². The maximum absolute atomic E-state index is 12.8. The van der Waals surface area contributed by atoms with E-state index in [4.69, 9.17) is 5.73 Å². The Labute approximate surface area is 136 Å². The van der Waals surface area contributed by atoms with Crippen LogP contribution in [0, 0.1) is 6.92 Å². The number of nitrogens with two attached hydrogens (primary N) is 1. The molecule has 122 valence electrons. The second-order valence-electron chi connectivity index (χ2n) is 6.31. The third-order valence-electron chi connectivity index (χ3n) is 4.40. The first-order valence-corrected chi connectivity index (χ1v) is 8.12. The van der Waals surface area contributed by atoms with Gasteiger partial charge in [-0.05, 0) is 50.8 Å². The van der Waals surface area contributed by atoms with E-state index in [1.165, 1.54) is 0 Å². The molecule has 2 N–H and O–H groups in total. The topological polar surface area (TPSA) is 77.0 Å². The van der Waals surface area contributed by atoms with Crippen molar-refractivity contribution in [1.82, 2.24) is 19.9 Å². The zero-order valence-corrected chi connectivity index (χ0v) is 13.6. The van der Waals surface area contributed by atoms with Crippen LogP contribution in [0.5, 0.6) is 0 Å². The third kappa shape index (κ3) is 3.27. The van der Waals surface area contributed by atoms with Crippen LogP contribution in [-0.4, -0.2) is 44.4 Å². The van der Waals surface area contributed by atoms with Crippen LogP contribution in [0.4, 0.5) is 0 Å². The van der Waals surface area contributed by atoms with Crippen molar-refractivity contribution in [2.45, 2.75) is 45.2 Å². The minimum Gasteiger partial charge on any atom is -0.333 e. The molecule has 0 saturated carbocycles. The van der Waals surface area contributed by atoms with Crippen LogP contribution in [0.1, 0.15) is 42.2 Å². The molecular formula is C17H23N5O. The van der Waals surface area contributed by atoms with Gasteiger partial charge in [0, 0.05) is 18.6 Å². The molecule has 0 spiro atoms. The number of aryl methyl sites for hydroxylation is 1. The van der Waals surface area contributed by atoms with Gasteiger partial charge in [-0.1, -0.05) is 17.3 Å². The summed E-state index contributed by atoms with van der Waals surface area (Å²) in [4.78, 5) is 14.6. The fraction of sp³-hybridized carbons (Fsp3) is 0.471. The number of likely N-dealkylation sites (tertiary alicyclic amines) is 1. The van der Waals surface area contributed by atoms with Crippen LogP contribution in [-0.2, 0) is 0 Å². The molecule has 1 saturated heterocycles. The molecule has 2 heterocycles. The van der Waals surface area contributed by atoms with E-state index in [1.54, 1.807) is 10.9 Å². The molecule has 2 unspecified atom stereocenters. The number of benzene rings is 1. The Balaban J connectivity index is 1.83. The molecule has 2 atom stereocenters. The zero-order valence-electron chi connectivity index (χ0n) is 13.6. The lowest BCUT2D eigenvalue weighted by molar-refractivity contribution is 0.0577. The molecule has 1 aromatic carbocycles. The number of carbonyl (C=O) groups is 1. The van der Waals surface area contributed by atoms with Gasteiger partial charge >= 0.3 is 0 Å². The van der Waals surface area contributed by atoms with Gasteiger partial charge in [-0.15, -0.1) is 5.10 Å². The molecule has 2 aromatic rings. The average Bonchev–Trinajstić information content (AvgIpc) is 3.04. The number of nitrogens with zero attached hydrogens (tertiary/aromatic N) is 4. The first kappa shape index (κ1) is 15.7. The van der Waals surface area contributed by atoms with E-state index in [9.17, 15) is 4.79 Å². The lowest BCUT2D eigenvalue weighted by atomic mass is 9.96.